The van der Waals surface area contributed by atoms with Crippen LogP contribution in [0.5, 0.6) is 0 Å². The Labute approximate surface area is 242 Å². The summed E-state index contributed by atoms with van der Waals surface area (Å²) in [5.74, 6) is 3.16. The van der Waals surface area contributed by atoms with E-state index in [-0.39, 0.29) is 0 Å². The number of Topliss-reactive ketones (excluding diaryl/α,β-unsaturated/α-hetero) is 4. The monoisotopic (exact) mass is 568 g/mol. The standard InChI is InChI=1S/C32H56O4S2/c33-29-21-17-13-9-5-1-2-6-10-14-18-22-30(34)26-38-28-32(36)24-20-16-12-8-4-3-7-11-15-19-23-31(35)27-37-25-29/h1-28H2. The van der Waals surface area contributed by atoms with Crippen molar-refractivity contribution in [3.8, 4) is 0 Å². The smallest absolute Gasteiger partial charge is 0.142 e. The number of hydrogen-bond donors (Lipinski definition) is 0. The normalized spacial score (nSPS) is 22.9. The summed E-state index contributed by atoms with van der Waals surface area (Å²) in [4.78, 5) is 48.3. The molecule has 0 aromatic rings. The summed E-state index contributed by atoms with van der Waals surface area (Å²) in [7, 11) is 0. The minimum atomic E-state index is 0.297. The average Bonchev–Trinajstić information content (AvgIpc) is 2.89. The topological polar surface area (TPSA) is 68.3 Å². The second-order valence-electron chi connectivity index (χ2n) is 11.2. The van der Waals surface area contributed by atoms with Crippen LogP contribution in [0.3, 0.4) is 0 Å². The molecule has 1 aliphatic heterocycles. The molecule has 1 saturated heterocycles. The van der Waals surface area contributed by atoms with E-state index in [0.29, 0.717) is 71.8 Å². The highest BCUT2D eigenvalue weighted by atomic mass is 32.2. The fraction of sp³-hybridized carbons (Fsp3) is 0.875. The number of hydrogen-bond acceptors (Lipinski definition) is 6. The van der Waals surface area contributed by atoms with E-state index < -0.39 is 0 Å². The highest BCUT2D eigenvalue weighted by Crippen LogP contribution is 2.16. The Morgan fingerprint density at radius 3 is 0.605 bits per heavy atom. The molecule has 1 heterocycles. The van der Waals surface area contributed by atoms with Crippen LogP contribution in [0.15, 0.2) is 0 Å². The fourth-order valence-electron chi connectivity index (χ4n) is 4.96. The van der Waals surface area contributed by atoms with Crippen molar-refractivity contribution in [1.82, 2.24) is 0 Å². The minimum Gasteiger partial charge on any atom is -0.299 e. The Bertz CT molecular complexity index is 529. The third kappa shape index (κ3) is 24.4. The molecule has 0 aromatic heterocycles. The Morgan fingerprint density at radius 1 is 0.263 bits per heavy atom. The third-order valence-corrected chi connectivity index (χ3v) is 9.48. The molecule has 220 valence electrons. The molecule has 4 nitrogen and oxygen atoms in total. The van der Waals surface area contributed by atoms with E-state index in [0.717, 1.165) is 51.4 Å². The van der Waals surface area contributed by atoms with Gasteiger partial charge in [0, 0.05) is 25.7 Å². The van der Waals surface area contributed by atoms with Crippen LogP contribution in [-0.4, -0.2) is 46.1 Å². The molecule has 0 bridgehead atoms. The number of ketones is 4. The molecule has 0 atom stereocenters. The lowest BCUT2D eigenvalue weighted by Gasteiger charge is -2.05. The summed E-state index contributed by atoms with van der Waals surface area (Å²) in [5.41, 5.74) is 0. The largest absolute Gasteiger partial charge is 0.299 e. The van der Waals surface area contributed by atoms with Crippen molar-refractivity contribution in [3.05, 3.63) is 0 Å². The van der Waals surface area contributed by atoms with Crippen molar-refractivity contribution >= 4 is 46.7 Å². The lowest BCUT2D eigenvalue weighted by atomic mass is 10.0. The van der Waals surface area contributed by atoms with Gasteiger partial charge in [-0.25, -0.2) is 0 Å². The zero-order chi connectivity index (χ0) is 27.5. The molecule has 0 aliphatic carbocycles. The maximum Gasteiger partial charge on any atom is 0.142 e. The molecule has 0 aromatic carbocycles. The molecule has 1 rings (SSSR count). The zero-order valence-electron chi connectivity index (χ0n) is 24.2. The van der Waals surface area contributed by atoms with Crippen molar-refractivity contribution in [3.63, 3.8) is 0 Å². The lowest BCUT2D eigenvalue weighted by molar-refractivity contribution is -0.118. The summed E-state index contributed by atoms with van der Waals surface area (Å²) < 4.78 is 0. The Balaban J connectivity index is 2.22. The van der Waals surface area contributed by atoms with Crippen LogP contribution < -0.4 is 0 Å². The molecule has 6 heteroatoms. The van der Waals surface area contributed by atoms with Crippen molar-refractivity contribution < 1.29 is 19.2 Å². The maximum atomic E-state index is 12.1. The number of thioether (sulfide) groups is 2. The van der Waals surface area contributed by atoms with Gasteiger partial charge in [-0.2, -0.15) is 0 Å². The van der Waals surface area contributed by atoms with Gasteiger partial charge >= 0.3 is 0 Å². The Kier molecular flexibility index (Phi) is 24.8. The van der Waals surface area contributed by atoms with Gasteiger partial charge < -0.3 is 0 Å². The number of carbonyl (C=O) groups is 4. The number of carbonyl (C=O) groups excluding carboxylic acids is 4. The van der Waals surface area contributed by atoms with Crippen LogP contribution in [-0.2, 0) is 19.2 Å². The maximum absolute atomic E-state index is 12.1. The molecule has 0 saturated carbocycles. The number of rotatable bonds is 0. The Hall–Kier alpha value is -0.620. The average molecular weight is 569 g/mol. The van der Waals surface area contributed by atoms with Crippen molar-refractivity contribution in [2.24, 2.45) is 0 Å². The van der Waals surface area contributed by atoms with Gasteiger partial charge in [0.15, 0.2) is 0 Å². The summed E-state index contributed by atoms with van der Waals surface area (Å²) in [6, 6.07) is 0. The molecular weight excluding hydrogens is 512 g/mol. The van der Waals surface area contributed by atoms with Gasteiger partial charge in [0.2, 0.25) is 0 Å². The first kappa shape index (κ1) is 35.4. The molecule has 0 N–H and O–H groups in total. The molecule has 0 radical (unpaired) electrons. The zero-order valence-corrected chi connectivity index (χ0v) is 25.9. The molecule has 1 aliphatic rings. The van der Waals surface area contributed by atoms with E-state index in [1.807, 2.05) is 0 Å². The molecular formula is C32H56O4S2. The fourth-order valence-corrected chi connectivity index (χ4v) is 6.66. The predicted molar refractivity (Wildman–Crippen MR) is 165 cm³/mol. The highest BCUT2D eigenvalue weighted by molar-refractivity contribution is 8.00. The van der Waals surface area contributed by atoms with E-state index in [1.54, 1.807) is 0 Å². The van der Waals surface area contributed by atoms with Crippen LogP contribution in [0.2, 0.25) is 0 Å². The van der Waals surface area contributed by atoms with Crippen molar-refractivity contribution in [2.45, 2.75) is 154 Å². The van der Waals surface area contributed by atoms with Crippen LogP contribution >= 0.6 is 23.5 Å². The van der Waals surface area contributed by atoms with E-state index in [9.17, 15) is 19.2 Å². The third-order valence-electron chi connectivity index (χ3n) is 7.37. The van der Waals surface area contributed by atoms with E-state index in [4.69, 9.17) is 0 Å². The van der Waals surface area contributed by atoms with Crippen molar-refractivity contribution in [1.29, 1.82) is 0 Å². The first-order valence-corrected chi connectivity index (χ1v) is 18.1. The second kappa shape index (κ2) is 26.6. The molecule has 0 spiro atoms. The van der Waals surface area contributed by atoms with Crippen LogP contribution in [0.25, 0.3) is 0 Å². The van der Waals surface area contributed by atoms with Crippen molar-refractivity contribution in [2.75, 3.05) is 23.0 Å². The SMILES string of the molecule is O=C1CCCCCCCCCCCCC(=O)CSCC(=O)CCCCCCCCCCCCC(=O)CSC1. The van der Waals surface area contributed by atoms with Gasteiger partial charge in [0.1, 0.15) is 23.1 Å². The van der Waals surface area contributed by atoms with Crippen LogP contribution in [0, 0.1) is 0 Å². The van der Waals surface area contributed by atoms with E-state index >= 15 is 0 Å². The van der Waals surface area contributed by atoms with E-state index in [2.05, 4.69) is 0 Å². The summed E-state index contributed by atoms with van der Waals surface area (Å²) in [6.07, 6.45) is 25.9. The van der Waals surface area contributed by atoms with E-state index in [1.165, 1.54) is 101 Å². The van der Waals surface area contributed by atoms with Gasteiger partial charge in [0.05, 0.1) is 23.0 Å². The van der Waals surface area contributed by atoms with Gasteiger partial charge in [-0.05, 0) is 25.7 Å². The van der Waals surface area contributed by atoms with Crippen LogP contribution in [0.1, 0.15) is 154 Å². The molecule has 0 unspecified atom stereocenters. The van der Waals surface area contributed by atoms with Gasteiger partial charge in [0.25, 0.3) is 0 Å². The quantitative estimate of drug-likeness (QED) is 0.290. The Morgan fingerprint density at radius 2 is 0.421 bits per heavy atom. The molecule has 38 heavy (non-hydrogen) atoms. The lowest BCUT2D eigenvalue weighted by Crippen LogP contribution is -2.06. The molecule has 1 fully saturated rings. The first-order valence-electron chi connectivity index (χ1n) is 15.8. The first-order chi connectivity index (χ1) is 18.6. The van der Waals surface area contributed by atoms with Crippen LogP contribution in [0.4, 0.5) is 0 Å². The second-order valence-corrected chi connectivity index (χ2v) is 13.2. The summed E-state index contributed by atoms with van der Waals surface area (Å²) in [6.45, 7) is 0. The van der Waals surface area contributed by atoms with Gasteiger partial charge in [-0.15, -0.1) is 23.5 Å². The minimum absolute atomic E-state index is 0.297. The van der Waals surface area contributed by atoms with Gasteiger partial charge in [-0.1, -0.05) is 103 Å². The summed E-state index contributed by atoms with van der Waals surface area (Å²) >= 11 is 3.01. The molecule has 0 amide bonds. The predicted octanol–water partition coefficient (Wildman–Crippen LogP) is 9.11. The highest BCUT2D eigenvalue weighted by Gasteiger charge is 2.08. The summed E-state index contributed by atoms with van der Waals surface area (Å²) in [5, 5.41) is 0. The van der Waals surface area contributed by atoms with Gasteiger partial charge in [-0.3, -0.25) is 19.2 Å².